The van der Waals surface area contributed by atoms with Gasteiger partial charge in [0.15, 0.2) is 11.5 Å². The van der Waals surface area contributed by atoms with Gasteiger partial charge in [0, 0.05) is 18.2 Å². The molecule has 5 atom stereocenters. The van der Waals surface area contributed by atoms with Gasteiger partial charge >= 0.3 is 11.3 Å². The quantitative estimate of drug-likeness (QED) is 0.264. The third-order valence-corrected chi connectivity index (χ3v) is 5.35. The molecule has 11 nitrogen and oxygen atoms in total. The fourth-order valence-electron chi connectivity index (χ4n) is 3.59. The van der Waals surface area contributed by atoms with Gasteiger partial charge in [0.05, 0.1) is 25.3 Å². The van der Waals surface area contributed by atoms with Crippen LogP contribution < -0.4 is 9.47 Å². The van der Waals surface area contributed by atoms with Gasteiger partial charge in [-0.05, 0) is 12.1 Å². The number of rotatable bonds is 5. The molecule has 0 bridgehead atoms. The van der Waals surface area contributed by atoms with Crippen molar-refractivity contribution in [3.05, 3.63) is 36.4 Å². The maximum absolute atomic E-state index is 10.3. The highest BCUT2D eigenvalue weighted by atomic mass is 16.7. The predicted octanol–water partition coefficient (Wildman–Crippen LogP) is 0.685. The zero-order valence-electron chi connectivity index (χ0n) is 17.3. The van der Waals surface area contributed by atoms with Crippen LogP contribution >= 0.6 is 0 Å². The Morgan fingerprint density at radius 1 is 0.909 bits per heavy atom. The Hall–Kier alpha value is -3.35. The van der Waals surface area contributed by atoms with E-state index in [9.17, 15) is 35.7 Å². The molecule has 0 aliphatic carbocycles. The second kappa shape index (κ2) is 8.89. The molecule has 11 heteroatoms. The second-order valence-electron chi connectivity index (χ2n) is 7.52. The number of hydrogen-bond donors (Lipinski definition) is 7. The van der Waals surface area contributed by atoms with E-state index in [1.807, 2.05) is 0 Å². The minimum Gasteiger partial charge on any atom is -0.507 e. The molecule has 0 amide bonds. The van der Waals surface area contributed by atoms with Gasteiger partial charge < -0.3 is 50.0 Å². The largest absolute Gasteiger partial charge is 0.507 e. The second-order valence-corrected chi connectivity index (χ2v) is 7.52. The maximum atomic E-state index is 10.3. The molecule has 1 aliphatic heterocycles. The minimum absolute atomic E-state index is 0.0161. The summed E-state index contributed by atoms with van der Waals surface area (Å²) in [6.45, 7) is -0.647. The Labute approximate surface area is 186 Å². The summed E-state index contributed by atoms with van der Waals surface area (Å²) in [4.78, 5) is 0. The van der Waals surface area contributed by atoms with Crippen LogP contribution in [0.5, 0.6) is 28.7 Å². The summed E-state index contributed by atoms with van der Waals surface area (Å²) in [6.07, 6.45) is -7.67. The highest BCUT2D eigenvalue weighted by molar-refractivity contribution is 5.88. The van der Waals surface area contributed by atoms with Gasteiger partial charge in [-0.1, -0.05) is 0 Å². The van der Waals surface area contributed by atoms with Gasteiger partial charge in [0.1, 0.15) is 41.3 Å². The smallest absolute Gasteiger partial charge is 0.402 e. The van der Waals surface area contributed by atoms with Crippen LogP contribution in [0.3, 0.4) is 0 Å². The van der Waals surface area contributed by atoms with Crippen molar-refractivity contribution >= 4 is 11.0 Å². The highest BCUT2D eigenvalue weighted by Gasteiger charge is 2.45. The molecule has 33 heavy (non-hydrogen) atoms. The van der Waals surface area contributed by atoms with Crippen molar-refractivity contribution in [3.8, 4) is 40.1 Å². The molecule has 7 N–H and O–H groups in total. The van der Waals surface area contributed by atoms with Crippen molar-refractivity contribution in [2.75, 3.05) is 13.7 Å². The van der Waals surface area contributed by atoms with Gasteiger partial charge in [-0.25, -0.2) is 4.42 Å². The number of aromatic hydroxyl groups is 3. The molecular weight excluding hydrogens is 440 g/mol. The number of aliphatic hydroxyl groups is 4. The van der Waals surface area contributed by atoms with Crippen LogP contribution in [0.15, 0.2) is 40.8 Å². The molecule has 0 radical (unpaired) electrons. The lowest BCUT2D eigenvalue weighted by atomic mass is 9.99. The van der Waals surface area contributed by atoms with E-state index in [2.05, 4.69) is 0 Å². The first kappa shape index (κ1) is 22.8. The third-order valence-electron chi connectivity index (χ3n) is 5.35. The van der Waals surface area contributed by atoms with Crippen LogP contribution in [0, 0.1) is 0 Å². The van der Waals surface area contributed by atoms with Crippen molar-refractivity contribution in [1.29, 1.82) is 0 Å². The SMILES string of the molecule is COc1ccc(-c2[o+]c3cc(O)cc(O)c3cc2O[C@@H]2O[C@H](CO)[C@@H](O)[C@H](O)[C@H]2O)cc1O. The number of aliphatic hydroxyl groups excluding tert-OH is 4. The van der Waals surface area contributed by atoms with E-state index in [-0.39, 0.29) is 45.5 Å². The summed E-state index contributed by atoms with van der Waals surface area (Å²) in [6, 6.07) is 8.06. The average molecular weight is 463 g/mol. The zero-order chi connectivity index (χ0) is 23.9. The fraction of sp³-hybridized carbons (Fsp3) is 0.318. The van der Waals surface area contributed by atoms with Gasteiger partial charge in [0.2, 0.25) is 12.0 Å². The summed E-state index contributed by atoms with van der Waals surface area (Å²) >= 11 is 0. The van der Waals surface area contributed by atoms with Crippen LogP contribution in [0.1, 0.15) is 0 Å². The molecule has 2 heterocycles. The van der Waals surface area contributed by atoms with Gasteiger partial charge in [-0.2, -0.15) is 0 Å². The van der Waals surface area contributed by atoms with Gasteiger partial charge in [0.25, 0.3) is 0 Å². The van der Waals surface area contributed by atoms with Crippen LogP contribution in [0.25, 0.3) is 22.3 Å². The van der Waals surface area contributed by atoms with E-state index < -0.39 is 37.3 Å². The lowest BCUT2D eigenvalue weighted by molar-refractivity contribution is -0.277. The highest BCUT2D eigenvalue weighted by Crippen LogP contribution is 2.42. The summed E-state index contributed by atoms with van der Waals surface area (Å²) in [7, 11) is 1.38. The summed E-state index contributed by atoms with van der Waals surface area (Å²) in [5.41, 5.74) is 0.386. The lowest BCUT2D eigenvalue weighted by Gasteiger charge is -2.39. The van der Waals surface area contributed by atoms with E-state index in [0.717, 1.165) is 6.07 Å². The molecule has 0 spiro atoms. The number of phenolic OH excluding ortho intramolecular Hbond substituents is 3. The zero-order valence-corrected chi connectivity index (χ0v) is 17.3. The predicted molar refractivity (Wildman–Crippen MR) is 112 cm³/mol. The van der Waals surface area contributed by atoms with E-state index in [4.69, 9.17) is 18.6 Å². The molecular formula is C22H23O11+. The van der Waals surface area contributed by atoms with Gasteiger partial charge in [-0.15, -0.1) is 0 Å². The minimum atomic E-state index is -1.69. The van der Waals surface area contributed by atoms with Crippen molar-refractivity contribution in [2.24, 2.45) is 0 Å². The summed E-state index contributed by atoms with van der Waals surface area (Å²) in [5.74, 6) is -0.639. The molecule has 1 saturated heterocycles. The fourth-order valence-corrected chi connectivity index (χ4v) is 3.59. The average Bonchev–Trinajstić information content (AvgIpc) is 2.79. The topological polar surface area (TPSA) is 181 Å². The Morgan fingerprint density at radius 2 is 1.67 bits per heavy atom. The number of fused-ring (bicyclic) bond motifs is 1. The normalized spacial score (nSPS) is 25.2. The lowest BCUT2D eigenvalue weighted by Crippen LogP contribution is -2.60. The monoisotopic (exact) mass is 463 g/mol. The van der Waals surface area contributed by atoms with E-state index in [1.54, 1.807) is 6.07 Å². The number of phenols is 3. The molecule has 3 aromatic rings. The molecule has 176 valence electrons. The summed E-state index contributed by atoms with van der Waals surface area (Å²) in [5, 5.41) is 70.2. The number of hydrogen-bond acceptors (Lipinski definition) is 10. The van der Waals surface area contributed by atoms with Crippen molar-refractivity contribution in [3.63, 3.8) is 0 Å². The first-order valence-electron chi connectivity index (χ1n) is 9.91. The Bertz CT molecular complexity index is 1160. The third kappa shape index (κ3) is 4.19. The Kier molecular flexibility index (Phi) is 6.15. The van der Waals surface area contributed by atoms with Crippen molar-refractivity contribution < 1.29 is 54.4 Å². The maximum Gasteiger partial charge on any atom is 0.402 e. The van der Waals surface area contributed by atoms with Crippen molar-refractivity contribution in [2.45, 2.75) is 30.7 Å². The number of benzene rings is 2. The van der Waals surface area contributed by atoms with E-state index in [0.29, 0.717) is 5.56 Å². The molecule has 1 fully saturated rings. The van der Waals surface area contributed by atoms with Gasteiger partial charge in [-0.3, -0.25) is 0 Å². The Balaban J connectivity index is 1.83. The molecule has 1 aliphatic rings. The Morgan fingerprint density at radius 3 is 2.33 bits per heavy atom. The van der Waals surface area contributed by atoms with Crippen molar-refractivity contribution in [1.82, 2.24) is 0 Å². The molecule has 4 rings (SSSR count). The van der Waals surface area contributed by atoms with Crippen LogP contribution in [-0.2, 0) is 4.74 Å². The standard InChI is InChI=1S/C22H22O11/c1-30-14-3-2-9(4-13(14)26)21-16(7-11-12(25)5-10(24)6-15(11)31-21)32-22-20(29)19(28)18(27)17(8-23)33-22/h2-7,17-20,22-23,27-29H,8H2,1H3,(H2-,24,25,26)/p+1/t17-,18-,19+,20-,22-/m1/s1. The molecule has 0 saturated carbocycles. The first-order valence-corrected chi connectivity index (χ1v) is 9.91. The first-order chi connectivity index (χ1) is 15.7. The molecule has 1 aromatic heterocycles. The van der Waals surface area contributed by atoms with Crippen LogP contribution in [-0.4, -0.2) is 80.2 Å². The summed E-state index contributed by atoms with van der Waals surface area (Å²) < 4.78 is 22.1. The number of ether oxygens (including phenoxy) is 3. The van der Waals surface area contributed by atoms with Crippen LogP contribution in [0.4, 0.5) is 0 Å². The van der Waals surface area contributed by atoms with E-state index in [1.165, 1.54) is 31.4 Å². The van der Waals surface area contributed by atoms with Crippen LogP contribution in [0.2, 0.25) is 0 Å². The molecule has 2 aromatic carbocycles. The molecule has 0 unspecified atom stereocenters. The number of methoxy groups -OCH3 is 1. The van der Waals surface area contributed by atoms with E-state index >= 15 is 0 Å².